The Hall–Kier alpha value is -2.06. The molecule has 6 nitrogen and oxygen atoms in total. The SMILES string of the molecule is CCOC(=O)c1c2n(c3cc(N4CCNCC4)c(F)cc3c1=O)CS2. The van der Waals surface area contributed by atoms with E-state index in [1.165, 1.54) is 17.8 Å². The lowest BCUT2D eigenvalue weighted by Crippen LogP contribution is -2.44. The van der Waals surface area contributed by atoms with E-state index in [2.05, 4.69) is 5.32 Å². The van der Waals surface area contributed by atoms with Crippen molar-refractivity contribution in [3.63, 3.8) is 0 Å². The van der Waals surface area contributed by atoms with Crippen LogP contribution >= 0.6 is 11.8 Å². The molecule has 0 radical (unpaired) electrons. The van der Waals surface area contributed by atoms with Gasteiger partial charge in [0.25, 0.3) is 0 Å². The molecule has 1 fully saturated rings. The molecule has 1 saturated heterocycles. The van der Waals surface area contributed by atoms with E-state index < -0.39 is 17.2 Å². The van der Waals surface area contributed by atoms with E-state index in [0.29, 0.717) is 22.1 Å². The fourth-order valence-corrected chi connectivity index (χ4v) is 4.24. The van der Waals surface area contributed by atoms with Crippen molar-refractivity contribution in [3.8, 4) is 0 Å². The first-order chi connectivity index (χ1) is 12.1. The maximum absolute atomic E-state index is 14.7. The number of anilines is 1. The summed E-state index contributed by atoms with van der Waals surface area (Å²) in [6.45, 7) is 4.91. The van der Waals surface area contributed by atoms with Crippen LogP contribution in [0.3, 0.4) is 0 Å². The van der Waals surface area contributed by atoms with Gasteiger partial charge < -0.3 is 19.5 Å². The summed E-state index contributed by atoms with van der Waals surface area (Å²) in [6.07, 6.45) is 0. The number of halogens is 1. The van der Waals surface area contributed by atoms with E-state index in [-0.39, 0.29) is 17.6 Å². The minimum absolute atomic E-state index is 0.0138. The van der Waals surface area contributed by atoms with Crippen LogP contribution in [0.4, 0.5) is 10.1 Å². The number of carbonyl (C=O) groups is 1. The van der Waals surface area contributed by atoms with E-state index in [1.807, 2.05) is 9.47 Å². The summed E-state index contributed by atoms with van der Waals surface area (Å²) in [5.41, 5.74) is 0.725. The van der Waals surface area contributed by atoms with Crippen molar-refractivity contribution < 1.29 is 13.9 Å². The largest absolute Gasteiger partial charge is 0.462 e. The van der Waals surface area contributed by atoms with Crippen molar-refractivity contribution in [1.29, 1.82) is 0 Å². The molecule has 0 aliphatic carbocycles. The Kier molecular flexibility index (Phi) is 4.16. The molecule has 0 unspecified atom stereocenters. The van der Waals surface area contributed by atoms with Crippen molar-refractivity contribution in [2.45, 2.75) is 17.8 Å². The van der Waals surface area contributed by atoms with Crippen molar-refractivity contribution >= 4 is 34.3 Å². The number of benzene rings is 1. The summed E-state index contributed by atoms with van der Waals surface area (Å²) < 4.78 is 21.6. The van der Waals surface area contributed by atoms with Gasteiger partial charge in [0.1, 0.15) is 11.4 Å². The Morgan fingerprint density at radius 2 is 2.12 bits per heavy atom. The summed E-state index contributed by atoms with van der Waals surface area (Å²) in [6, 6.07) is 2.99. The molecule has 3 heterocycles. The number of esters is 1. The average Bonchev–Trinajstić information content (AvgIpc) is 2.59. The lowest BCUT2D eigenvalue weighted by molar-refractivity contribution is 0.0518. The number of thioether (sulfide) groups is 1. The Labute approximate surface area is 147 Å². The van der Waals surface area contributed by atoms with Crippen molar-refractivity contribution in [2.24, 2.45) is 0 Å². The van der Waals surface area contributed by atoms with Crippen LogP contribution in [0, 0.1) is 5.82 Å². The number of carbonyl (C=O) groups excluding carboxylic acids is 1. The third kappa shape index (κ3) is 2.60. The molecule has 1 aromatic carbocycles. The summed E-state index contributed by atoms with van der Waals surface area (Å²) in [4.78, 5) is 26.9. The molecule has 25 heavy (non-hydrogen) atoms. The molecule has 0 spiro atoms. The summed E-state index contributed by atoms with van der Waals surface area (Å²) in [5, 5.41) is 4.07. The predicted molar refractivity (Wildman–Crippen MR) is 95.1 cm³/mol. The normalized spacial score (nSPS) is 16.5. The number of nitrogens with one attached hydrogen (secondary N) is 1. The fraction of sp³-hybridized carbons (Fsp3) is 0.412. The molecule has 1 N–H and O–H groups in total. The van der Waals surface area contributed by atoms with Gasteiger partial charge in [-0.25, -0.2) is 9.18 Å². The van der Waals surface area contributed by atoms with E-state index in [0.717, 1.165) is 26.2 Å². The zero-order valence-corrected chi connectivity index (χ0v) is 14.6. The number of nitrogens with zero attached hydrogens (tertiary/aromatic N) is 2. The molecular formula is C17H18FN3O3S. The van der Waals surface area contributed by atoms with Gasteiger partial charge in [-0.3, -0.25) is 4.79 Å². The number of aromatic nitrogens is 1. The van der Waals surface area contributed by atoms with Gasteiger partial charge in [-0.05, 0) is 19.1 Å². The second-order valence-corrected chi connectivity index (χ2v) is 6.92. The lowest BCUT2D eigenvalue weighted by Gasteiger charge is -2.31. The van der Waals surface area contributed by atoms with Crippen LogP contribution in [0.15, 0.2) is 22.0 Å². The highest BCUT2D eigenvalue weighted by molar-refractivity contribution is 7.99. The van der Waals surface area contributed by atoms with Gasteiger partial charge in [-0.15, -0.1) is 0 Å². The van der Waals surface area contributed by atoms with Gasteiger partial charge in [0.2, 0.25) is 5.43 Å². The first-order valence-electron chi connectivity index (χ1n) is 8.27. The van der Waals surface area contributed by atoms with Crippen molar-refractivity contribution in [1.82, 2.24) is 9.88 Å². The van der Waals surface area contributed by atoms with Gasteiger partial charge in [-0.2, -0.15) is 0 Å². The van der Waals surface area contributed by atoms with Gasteiger partial charge >= 0.3 is 5.97 Å². The molecule has 132 valence electrons. The second-order valence-electron chi connectivity index (χ2n) is 5.99. The molecule has 2 aromatic rings. The Morgan fingerprint density at radius 1 is 1.36 bits per heavy atom. The molecule has 1 aromatic heterocycles. The van der Waals surface area contributed by atoms with Crippen LogP contribution in [-0.4, -0.2) is 43.3 Å². The highest BCUT2D eigenvalue weighted by Gasteiger charge is 2.30. The number of fused-ring (bicyclic) bond motifs is 3. The van der Waals surface area contributed by atoms with Crippen LogP contribution in [0.5, 0.6) is 0 Å². The molecule has 0 amide bonds. The third-order valence-corrected chi connectivity index (χ3v) is 5.64. The number of rotatable bonds is 3. The molecular weight excluding hydrogens is 345 g/mol. The quantitative estimate of drug-likeness (QED) is 0.839. The molecule has 8 heteroatoms. The van der Waals surface area contributed by atoms with E-state index in [9.17, 15) is 14.0 Å². The average molecular weight is 363 g/mol. The minimum Gasteiger partial charge on any atom is -0.462 e. The van der Waals surface area contributed by atoms with E-state index >= 15 is 0 Å². The maximum atomic E-state index is 14.7. The number of pyridine rings is 1. The van der Waals surface area contributed by atoms with Gasteiger partial charge in [0.05, 0.1) is 28.7 Å². The molecule has 0 saturated carbocycles. The zero-order valence-electron chi connectivity index (χ0n) is 13.8. The summed E-state index contributed by atoms with van der Waals surface area (Å²) in [5.74, 6) is -0.448. The molecule has 2 aliphatic rings. The second kappa shape index (κ2) is 6.34. The van der Waals surface area contributed by atoms with E-state index in [4.69, 9.17) is 4.74 Å². The Bertz CT molecular complexity index is 922. The van der Waals surface area contributed by atoms with E-state index in [1.54, 1.807) is 13.0 Å². The topological polar surface area (TPSA) is 63.6 Å². The number of hydrogen-bond donors (Lipinski definition) is 1. The third-order valence-electron chi connectivity index (χ3n) is 4.55. The highest BCUT2D eigenvalue weighted by Crippen LogP contribution is 2.38. The molecule has 0 atom stereocenters. The Balaban J connectivity index is 1.90. The zero-order chi connectivity index (χ0) is 17.6. The van der Waals surface area contributed by atoms with Crippen LogP contribution < -0.4 is 15.6 Å². The van der Waals surface area contributed by atoms with Gasteiger partial charge in [0.15, 0.2) is 0 Å². The van der Waals surface area contributed by atoms with Crippen LogP contribution in [0.1, 0.15) is 17.3 Å². The lowest BCUT2D eigenvalue weighted by atomic mass is 10.1. The number of ether oxygens (including phenoxy) is 1. The highest BCUT2D eigenvalue weighted by atomic mass is 32.2. The molecule has 0 bridgehead atoms. The van der Waals surface area contributed by atoms with Gasteiger partial charge in [-0.1, -0.05) is 11.8 Å². The number of piperazine rings is 1. The number of hydrogen-bond acceptors (Lipinski definition) is 6. The summed E-state index contributed by atoms with van der Waals surface area (Å²) in [7, 11) is 0. The predicted octanol–water partition coefficient (Wildman–Crippen LogP) is 1.79. The smallest absolute Gasteiger partial charge is 0.344 e. The Morgan fingerprint density at radius 3 is 2.76 bits per heavy atom. The maximum Gasteiger partial charge on any atom is 0.344 e. The first-order valence-corrected chi connectivity index (χ1v) is 9.26. The minimum atomic E-state index is -0.642. The first kappa shape index (κ1) is 16.4. The molecule has 2 aliphatic heterocycles. The molecule has 4 rings (SSSR count). The van der Waals surface area contributed by atoms with Crippen LogP contribution in [0.25, 0.3) is 10.9 Å². The van der Waals surface area contributed by atoms with Gasteiger partial charge in [0, 0.05) is 31.6 Å². The summed E-state index contributed by atoms with van der Waals surface area (Å²) >= 11 is 1.43. The van der Waals surface area contributed by atoms with Crippen LogP contribution in [-0.2, 0) is 10.6 Å². The monoisotopic (exact) mass is 363 g/mol. The van der Waals surface area contributed by atoms with Crippen LogP contribution in [0.2, 0.25) is 0 Å². The fourth-order valence-electron chi connectivity index (χ4n) is 3.30. The van der Waals surface area contributed by atoms with Crippen molar-refractivity contribution in [2.75, 3.05) is 37.7 Å². The van der Waals surface area contributed by atoms with Crippen molar-refractivity contribution in [3.05, 3.63) is 33.7 Å². The standard InChI is InChI=1S/C17H18FN3O3S/c1-2-24-17(23)14-15(22)10-7-11(18)13(20-5-3-19-4-6-20)8-12(10)21-9-25-16(14)21/h7-8,19H,2-6,9H2,1H3.